The van der Waals surface area contributed by atoms with Crippen LogP contribution in [0.25, 0.3) is 0 Å². The van der Waals surface area contributed by atoms with Crippen LogP contribution in [0.3, 0.4) is 0 Å². The third kappa shape index (κ3) is 4.26. The molecular formula is C20H24N4O. The molecule has 2 aromatic rings. The smallest absolute Gasteiger partial charge is 0.0914 e. The van der Waals surface area contributed by atoms with Crippen molar-refractivity contribution in [1.29, 1.82) is 0 Å². The Morgan fingerprint density at radius 2 is 2.20 bits per heavy atom. The van der Waals surface area contributed by atoms with E-state index in [-0.39, 0.29) is 12.0 Å². The van der Waals surface area contributed by atoms with Crippen LogP contribution in [0.2, 0.25) is 0 Å². The van der Waals surface area contributed by atoms with Gasteiger partial charge in [-0.2, -0.15) is 0 Å². The molecule has 0 amide bonds. The molecule has 2 aliphatic rings. The fraction of sp³-hybridized carbons (Fsp3) is 0.550. The topological polar surface area (TPSA) is 52.8 Å². The van der Waals surface area contributed by atoms with Crippen LogP contribution in [-0.4, -0.2) is 32.7 Å². The summed E-state index contributed by atoms with van der Waals surface area (Å²) in [5, 5.41) is 8.63. The van der Waals surface area contributed by atoms with E-state index in [4.69, 9.17) is 4.74 Å². The second-order valence-corrected chi connectivity index (χ2v) is 7.09. The van der Waals surface area contributed by atoms with Gasteiger partial charge in [0.05, 0.1) is 24.0 Å². The largest absolute Gasteiger partial charge is 0.376 e. The van der Waals surface area contributed by atoms with Gasteiger partial charge in [0, 0.05) is 36.4 Å². The Hall–Kier alpha value is -2.19. The Kier molecular flexibility index (Phi) is 4.80. The molecule has 3 heterocycles. The molecule has 25 heavy (non-hydrogen) atoms. The lowest BCUT2D eigenvalue weighted by atomic mass is 10.0. The average Bonchev–Trinajstić information content (AvgIpc) is 3.38. The third-order valence-electron chi connectivity index (χ3n) is 4.89. The number of hydrogen-bond acceptors (Lipinski definition) is 4. The summed E-state index contributed by atoms with van der Waals surface area (Å²) in [5.74, 6) is 7.28. The van der Waals surface area contributed by atoms with Crippen LogP contribution >= 0.6 is 0 Å². The monoisotopic (exact) mass is 336 g/mol. The molecular weight excluding hydrogens is 312 g/mol. The first-order valence-corrected chi connectivity index (χ1v) is 9.27. The molecule has 2 fully saturated rings. The van der Waals surface area contributed by atoms with Crippen LogP contribution in [0.5, 0.6) is 0 Å². The average molecular weight is 336 g/mol. The fourth-order valence-electron chi connectivity index (χ4n) is 3.09. The van der Waals surface area contributed by atoms with Crippen molar-refractivity contribution < 1.29 is 4.74 Å². The number of nitrogens with zero attached hydrogens (tertiary/aromatic N) is 4. The number of hydrogen-bond donors (Lipinski definition) is 0. The van der Waals surface area contributed by atoms with E-state index in [1.165, 1.54) is 25.7 Å². The van der Waals surface area contributed by atoms with Crippen LogP contribution in [0.4, 0.5) is 0 Å². The predicted molar refractivity (Wildman–Crippen MR) is 95.0 cm³/mol. The van der Waals surface area contributed by atoms with Crippen molar-refractivity contribution in [1.82, 2.24) is 20.0 Å². The van der Waals surface area contributed by atoms with E-state index in [9.17, 15) is 0 Å². The van der Waals surface area contributed by atoms with Gasteiger partial charge in [-0.15, -0.1) is 5.10 Å². The van der Waals surface area contributed by atoms with Gasteiger partial charge in [0.2, 0.25) is 0 Å². The number of rotatable bonds is 4. The van der Waals surface area contributed by atoms with Gasteiger partial charge in [-0.25, -0.2) is 4.68 Å². The zero-order valence-electron chi connectivity index (χ0n) is 14.7. The van der Waals surface area contributed by atoms with Crippen molar-refractivity contribution in [3.63, 3.8) is 0 Å². The maximum absolute atomic E-state index is 5.79. The van der Waals surface area contributed by atoms with E-state index in [0.29, 0.717) is 5.92 Å². The van der Waals surface area contributed by atoms with Gasteiger partial charge in [0.15, 0.2) is 0 Å². The van der Waals surface area contributed by atoms with Gasteiger partial charge in [0.1, 0.15) is 0 Å². The van der Waals surface area contributed by atoms with Gasteiger partial charge in [-0.05, 0) is 44.2 Å². The van der Waals surface area contributed by atoms with Crippen molar-refractivity contribution in [2.75, 3.05) is 6.61 Å². The Labute approximate surface area is 148 Å². The van der Waals surface area contributed by atoms with E-state index in [1.54, 1.807) is 0 Å². The molecule has 2 unspecified atom stereocenters. The van der Waals surface area contributed by atoms with E-state index >= 15 is 0 Å². The van der Waals surface area contributed by atoms with Gasteiger partial charge in [-0.1, -0.05) is 24.0 Å². The summed E-state index contributed by atoms with van der Waals surface area (Å²) in [6, 6.07) is 4.05. The molecule has 1 aliphatic heterocycles. The van der Waals surface area contributed by atoms with Crippen molar-refractivity contribution >= 4 is 0 Å². The second-order valence-electron chi connectivity index (χ2n) is 7.09. The highest BCUT2D eigenvalue weighted by atomic mass is 16.5. The lowest BCUT2D eigenvalue weighted by Gasteiger charge is -2.21. The summed E-state index contributed by atoms with van der Waals surface area (Å²) in [4.78, 5) is 4.51. The lowest BCUT2D eigenvalue weighted by molar-refractivity contribution is 0.00369. The molecule has 0 bridgehead atoms. The normalized spacial score (nSPS) is 21.4. The van der Waals surface area contributed by atoms with Crippen molar-refractivity contribution in [2.45, 2.75) is 57.6 Å². The SMILES string of the molecule is CC(c1cc(C#CC2CC2)ccn1)c1cn(CC2CCCCO2)nn1. The van der Waals surface area contributed by atoms with Crippen molar-refractivity contribution in [2.24, 2.45) is 5.92 Å². The molecule has 1 saturated heterocycles. The zero-order chi connectivity index (χ0) is 17.1. The summed E-state index contributed by atoms with van der Waals surface area (Å²) in [5.41, 5.74) is 2.96. The Morgan fingerprint density at radius 3 is 3.00 bits per heavy atom. The van der Waals surface area contributed by atoms with Crippen LogP contribution in [0.15, 0.2) is 24.5 Å². The summed E-state index contributed by atoms with van der Waals surface area (Å²) in [6.07, 6.45) is 10.1. The molecule has 1 saturated carbocycles. The van der Waals surface area contributed by atoms with E-state index < -0.39 is 0 Å². The standard InChI is InChI=1S/C20H24N4O/c1-15(19-12-17(9-10-21-19)8-7-16-5-6-16)20-14-24(23-22-20)13-18-4-2-3-11-25-18/h9-10,12,14-16,18H,2-6,11,13H2,1H3. The van der Waals surface area contributed by atoms with Crippen LogP contribution in [-0.2, 0) is 11.3 Å². The maximum atomic E-state index is 5.79. The van der Waals surface area contributed by atoms with Gasteiger partial charge in [-0.3, -0.25) is 4.98 Å². The minimum absolute atomic E-state index is 0.101. The summed E-state index contributed by atoms with van der Waals surface area (Å²) >= 11 is 0. The minimum Gasteiger partial charge on any atom is -0.376 e. The lowest BCUT2D eigenvalue weighted by Crippen LogP contribution is -2.24. The van der Waals surface area contributed by atoms with Crippen molar-refractivity contribution in [3.05, 3.63) is 41.5 Å². The molecule has 2 atom stereocenters. The quantitative estimate of drug-likeness (QED) is 0.805. The molecule has 5 nitrogen and oxygen atoms in total. The summed E-state index contributed by atoms with van der Waals surface area (Å²) in [7, 11) is 0. The summed E-state index contributed by atoms with van der Waals surface area (Å²) < 4.78 is 7.69. The minimum atomic E-state index is 0.101. The zero-order valence-corrected chi connectivity index (χ0v) is 14.7. The van der Waals surface area contributed by atoms with Crippen LogP contribution < -0.4 is 0 Å². The highest BCUT2D eigenvalue weighted by Crippen LogP contribution is 2.28. The van der Waals surface area contributed by atoms with Gasteiger partial charge >= 0.3 is 0 Å². The number of aromatic nitrogens is 4. The van der Waals surface area contributed by atoms with Gasteiger partial charge < -0.3 is 4.74 Å². The first-order valence-electron chi connectivity index (χ1n) is 9.27. The Balaban J connectivity index is 1.44. The van der Waals surface area contributed by atoms with Crippen molar-refractivity contribution in [3.8, 4) is 11.8 Å². The molecule has 2 aromatic heterocycles. The molecule has 0 radical (unpaired) electrons. The highest BCUT2D eigenvalue weighted by Gasteiger charge is 2.19. The molecule has 0 spiro atoms. The Morgan fingerprint density at radius 1 is 1.28 bits per heavy atom. The molecule has 5 heteroatoms. The number of ether oxygens (including phenoxy) is 1. The van der Waals surface area contributed by atoms with Crippen LogP contribution in [0.1, 0.15) is 61.9 Å². The van der Waals surface area contributed by atoms with Gasteiger partial charge in [0.25, 0.3) is 0 Å². The number of pyridine rings is 1. The molecule has 4 rings (SSSR count). The first-order chi connectivity index (χ1) is 12.3. The first kappa shape index (κ1) is 16.3. The molecule has 0 aromatic carbocycles. The highest BCUT2D eigenvalue weighted by molar-refractivity contribution is 5.37. The van der Waals surface area contributed by atoms with E-state index in [0.717, 1.165) is 36.5 Å². The summed E-state index contributed by atoms with van der Waals surface area (Å²) in [6.45, 7) is 3.76. The second kappa shape index (κ2) is 7.37. The van der Waals surface area contributed by atoms with E-state index in [1.807, 2.05) is 23.1 Å². The van der Waals surface area contributed by atoms with E-state index in [2.05, 4.69) is 40.1 Å². The van der Waals surface area contributed by atoms with Crippen LogP contribution in [0, 0.1) is 17.8 Å². The molecule has 130 valence electrons. The maximum Gasteiger partial charge on any atom is 0.0914 e. The fourth-order valence-corrected chi connectivity index (χ4v) is 3.09. The molecule has 1 aliphatic carbocycles. The predicted octanol–water partition coefficient (Wildman–Crippen LogP) is 3.16. The Bertz CT molecular complexity index is 778. The third-order valence-corrected chi connectivity index (χ3v) is 4.89. The molecule has 0 N–H and O–H groups in total.